The molecule has 1 N–H and O–H groups in total. The summed E-state index contributed by atoms with van der Waals surface area (Å²) in [6.07, 6.45) is 4.31. The average Bonchev–Trinajstić information content (AvgIpc) is 3.18. The highest BCUT2D eigenvalue weighted by molar-refractivity contribution is 6.31. The molecule has 0 spiro atoms. The fourth-order valence-corrected chi connectivity index (χ4v) is 2.39. The van der Waals surface area contributed by atoms with Gasteiger partial charge in [0.1, 0.15) is 0 Å². The zero-order valence-electron chi connectivity index (χ0n) is 13.0. The van der Waals surface area contributed by atoms with E-state index in [4.69, 9.17) is 16.1 Å². The Morgan fingerprint density at radius 3 is 2.96 bits per heavy atom. The Morgan fingerprint density at radius 2 is 2.17 bits per heavy atom. The van der Waals surface area contributed by atoms with Crippen molar-refractivity contribution in [3.05, 3.63) is 53.1 Å². The van der Waals surface area contributed by atoms with Gasteiger partial charge >= 0.3 is 0 Å². The summed E-state index contributed by atoms with van der Waals surface area (Å²) >= 11 is 6.18. The van der Waals surface area contributed by atoms with Crippen LogP contribution in [-0.4, -0.2) is 33.0 Å². The predicted molar refractivity (Wildman–Crippen MR) is 88.3 cm³/mol. The Hall–Kier alpha value is -2.18. The van der Waals surface area contributed by atoms with E-state index in [1.54, 1.807) is 10.9 Å². The first-order valence-corrected chi connectivity index (χ1v) is 7.79. The van der Waals surface area contributed by atoms with E-state index < -0.39 is 0 Å². The van der Waals surface area contributed by atoms with Crippen LogP contribution in [0.25, 0.3) is 11.5 Å². The summed E-state index contributed by atoms with van der Waals surface area (Å²) in [5, 5.41) is 12.2. The molecule has 0 aliphatic heterocycles. The summed E-state index contributed by atoms with van der Waals surface area (Å²) in [5.74, 6) is 1.16. The van der Waals surface area contributed by atoms with Crippen molar-refractivity contribution in [3.8, 4) is 11.5 Å². The maximum absolute atomic E-state index is 6.18. The Balaban J connectivity index is 1.73. The molecule has 0 radical (unpaired) electrons. The smallest absolute Gasteiger partial charge is 0.261 e. The molecule has 1 unspecified atom stereocenters. The van der Waals surface area contributed by atoms with Crippen molar-refractivity contribution in [2.45, 2.75) is 25.9 Å². The summed E-state index contributed by atoms with van der Waals surface area (Å²) in [5.41, 5.74) is 1.81. The molecule has 6 nitrogen and oxygen atoms in total. The minimum atomic E-state index is 0.295. The molecule has 3 rings (SSSR count). The van der Waals surface area contributed by atoms with E-state index in [1.165, 1.54) is 0 Å². The second kappa shape index (κ2) is 6.93. The van der Waals surface area contributed by atoms with Crippen molar-refractivity contribution in [1.82, 2.24) is 25.2 Å². The van der Waals surface area contributed by atoms with Gasteiger partial charge < -0.3 is 9.84 Å². The minimum Gasteiger partial charge on any atom is -0.334 e. The van der Waals surface area contributed by atoms with Crippen LogP contribution in [-0.2, 0) is 13.0 Å². The van der Waals surface area contributed by atoms with Crippen molar-refractivity contribution in [3.63, 3.8) is 0 Å². The molecule has 0 amide bonds. The van der Waals surface area contributed by atoms with Gasteiger partial charge in [-0.3, -0.25) is 4.68 Å². The van der Waals surface area contributed by atoms with Crippen LogP contribution in [0, 0.1) is 0 Å². The van der Waals surface area contributed by atoms with Gasteiger partial charge in [0.15, 0.2) is 5.82 Å². The molecule has 0 saturated heterocycles. The molecule has 2 aromatic heterocycles. The SMILES string of the molecule is CNC(C)Cc1noc(-c2cnn(Cc3ccccc3Cl)c2)n1. The minimum absolute atomic E-state index is 0.295. The molecule has 0 saturated carbocycles. The van der Waals surface area contributed by atoms with E-state index in [2.05, 4.69) is 27.5 Å². The van der Waals surface area contributed by atoms with Gasteiger partial charge in [0, 0.05) is 23.7 Å². The molecule has 2 heterocycles. The molecule has 3 aromatic rings. The highest BCUT2D eigenvalue weighted by Crippen LogP contribution is 2.19. The lowest BCUT2D eigenvalue weighted by Gasteiger charge is -2.04. The normalized spacial score (nSPS) is 12.5. The lowest BCUT2D eigenvalue weighted by atomic mass is 10.2. The Bertz CT molecular complexity index is 782. The third kappa shape index (κ3) is 3.78. The number of hydrogen-bond acceptors (Lipinski definition) is 5. The second-order valence-corrected chi connectivity index (χ2v) is 5.83. The third-order valence-electron chi connectivity index (χ3n) is 3.62. The van der Waals surface area contributed by atoms with Gasteiger partial charge in [0.25, 0.3) is 5.89 Å². The van der Waals surface area contributed by atoms with Gasteiger partial charge in [-0.25, -0.2) is 0 Å². The Labute approximate surface area is 139 Å². The van der Waals surface area contributed by atoms with E-state index in [9.17, 15) is 0 Å². The summed E-state index contributed by atoms with van der Waals surface area (Å²) in [6.45, 7) is 2.66. The van der Waals surface area contributed by atoms with Gasteiger partial charge in [-0.1, -0.05) is 35.0 Å². The van der Waals surface area contributed by atoms with E-state index in [0.717, 1.165) is 16.1 Å². The molecule has 0 fully saturated rings. The number of benzene rings is 1. The third-order valence-corrected chi connectivity index (χ3v) is 3.99. The molecule has 120 valence electrons. The number of halogens is 1. The van der Waals surface area contributed by atoms with E-state index in [-0.39, 0.29) is 0 Å². The van der Waals surface area contributed by atoms with Gasteiger partial charge in [0.2, 0.25) is 0 Å². The summed E-state index contributed by atoms with van der Waals surface area (Å²) in [6, 6.07) is 8.01. The first-order valence-electron chi connectivity index (χ1n) is 7.42. The van der Waals surface area contributed by atoms with Crippen LogP contribution in [0.5, 0.6) is 0 Å². The molecule has 1 aromatic carbocycles. The predicted octanol–water partition coefficient (Wildman–Crippen LogP) is 2.79. The molecular weight excluding hydrogens is 314 g/mol. The fraction of sp³-hybridized carbons (Fsp3) is 0.312. The van der Waals surface area contributed by atoms with E-state index in [1.807, 2.05) is 37.5 Å². The summed E-state index contributed by atoms with van der Waals surface area (Å²) in [7, 11) is 1.91. The van der Waals surface area contributed by atoms with Crippen LogP contribution in [0.4, 0.5) is 0 Å². The van der Waals surface area contributed by atoms with Gasteiger partial charge in [0.05, 0.1) is 18.3 Å². The van der Waals surface area contributed by atoms with Gasteiger partial charge in [-0.05, 0) is 25.6 Å². The summed E-state index contributed by atoms with van der Waals surface area (Å²) < 4.78 is 7.12. The first kappa shape index (κ1) is 15.7. The monoisotopic (exact) mass is 331 g/mol. The van der Waals surface area contributed by atoms with Crippen molar-refractivity contribution in [1.29, 1.82) is 0 Å². The van der Waals surface area contributed by atoms with E-state index in [0.29, 0.717) is 30.7 Å². The van der Waals surface area contributed by atoms with Gasteiger partial charge in [-0.2, -0.15) is 10.1 Å². The first-order chi connectivity index (χ1) is 11.2. The van der Waals surface area contributed by atoms with Crippen LogP contribution >= 0.6 is 11.6 Å². The topological polar surface area (TPSA) is 68.8 Å². The lowest BCUT2D eigenvalue weighted by molar-refractivity contribution is 0.418. The largest absolute Gasteiger partial charge is 0.334 e. The van der Waals surface area contributed by atoms with Crippen molar-refractivity contribution >= 4 is 11.6 Å². The van der Waals surface area contributed by atoms with Crippen LogP contribution in [0.2, 0.25) is 5.02 Å². The Kier molecular flexibility index (Phi) is 4.73. The van der Waals surface area contributed by atoms with Crippen molar-refractivity contribution < 1.29 is 4.52 Å². The highest BCUT2D eigenvalue weighted by Gasteiger charge is 2.13. The average molecular weight is 332 g/mol. The molecule has 7 heteroatoms. The summed E-state index contributed by atoms with van der Waals surface area (Å²) in [4.78, 5) is 4.41. The van der Waals surface area contributed by atoms with Crippen LogP contribution in [0.3, 0.4) is 0 Å². The maximum Gasteiger partial charge on any atom is 0.261 e. The standard InChI is InChI=1S/C16H18ClN5O/c1-11(18-2)7-15-20-16(23-21-15)13-8-19-22(10-13)9-12-5-3-4-6-14(12)17/h3-6,8,10-11,18H,7,9H2,1-2H3. The molecular formula is C16H18ClN5O. The number of hydrogen-bond donors (Lipinski definition) is 1. The molecule has 1 atom stereocenters. The number of aromatic nitrogens is 4. The van der Waals surface area contributed by atoms with Crippen molar-refractivity contribution in [2.75, 3.05) is 7.05 Å². The molecule has 0 aliphatic carbocycles. The zero-order valence-corrected chi connectivity index (χ0v) is 13.8. The number of rotatable bonds is 6. The van der Waals surface area contributed by atoms with Crippen LogP contribution in [0.1, 0.15) is 18.3 Å². The fourth-order valence-electron chi connectivity index (χ4n) is 2.19. The van der Waals surface area contributed by atoms with E-state index >= 15 is 0 Å². The quantitative estimate of drug-likeness (QED) is 0.752. The number of likely N-dealkylation sites (N-methyl/N-ethyl adjacent to an activating group) is 1. The zero-order chi connectivity index (χ0) is 16.2. The maximum atomic E-state index is 6.18. The second-order valence-electron chi connectivity index (χ2n) is 5.43. The number of nitrogens with zero attached hydrogens (tertiary/aromatic N) is 4. The molecule has 0 aliphatic rings. The highest BCUT2D eigenvalue weighted by atomic mass is 35.5. The lowest BCUT2D eigenvalue weighted by Crippen LogP contribution is -2.24. The number of nitrogens with one attached hydrogen (secondary N) is 1. The molecule has 0 bridgehead atoms. The van der Waals surface area contributed by atoms with Crippen LogP contribution in [0.15, 0.2) is 41.2 Å². The Morgan fingerprint density at radius 1 is 1.35 bits per heavy atom. The molecule has 23 heavy (non-hydrogen) atoms. The van der Waals surface area contributed by atoms with Gasteiger partial charge in [-0.15, -0.1) is 0 Å². The van der Waals surface area contributed by atoms with Crippen molar-refractivity contribution in [2.24, 2.45) is 0 Å². The van der Waals surface area contributed by atoms with Crippen LogP contribution < -0.4 is 5.32 Å².